The molecule has 1 aromatic heterocycles. The van der Waals surface area contributed by atoms with E-state index in [1.807, 2.05) is 6.92 Å². The molecule has 2 fully saturated rings. The third-order valence-corrected chi connectivity index (χ3v) is 4.29. The van der Waals surface area contributed by atoms with Crippen molar-refractivity contribution in [1.29, 1.82) is 0 Å². The molecule has 2 heterocycles. The lowest BCUT2D eigenvalue weighted by atomic mass is 9.82. The average molecular weight is 251 g/mol. The van der Waals surface area contributed by atoms with Crippen molar-refractivity contribution in [2.75, 3.05) is 6.61 Å². The molecule has 0 amide bonds. The van der Waals surface area contributed by atoms with Gasteiger partial charge < -0.3 is 15.0 Å². The number of nitrogens with two attached hydrogens (primary N) is 1. The SMILES string of the molecule is CC1(c2nc(C3(N)CCCCC3)no2)CCCO1. The van der Waals surface area contributed by atoms with Crippen LogP contribution in [-0.2, 0) is 15.9 Å². The lowest BCUT2D eigenvalue weighted by molar-refractivity contribution is -0.00937. The van der Waals surface area contributed by atoms with Crippen LogP contribution < -0.4 is 5.73 Å². The van der Waals surface area contributed by atoms with Gasteiger partial charge in [-0.15, -0.1) is 0 Å². The molecular weight excluding hydrogens is 230 g/mol. The minimum Gasteiger partial charge on any atom is -0.365 e. The Kier molecular flexibility index (Phi) is 2.90. The summed E-state index contributed by atoms with van der Waals surface area (Å²) >= 11 is 0. The lowest BCUT2D eigenvalue weighted by Crippen LogP contribution is -2.39. The molecule has 1 saturated carbocycles. The standard InChI is InChI=1S/C13H21N3O2/c1-12(6-5-9-17-12)11-15-10(16-18-11)13(14)7-3-2-4-8-13/h2-9,14H2,1H3. The molecule has 1 unspecified atom stereocenters. The molecule has 2 N–H and O–H groups in total. The average Bonchev–Trinajstić information content (AvgIpc) is 2.99. The second-order valence-electron chi connectivity index (χ2n) is 5.82. The molecule has 0 spiro atoms. The van der Waals surface area contributed by atoms with E-state index in [-0.39, 0.29) is 0 Å². The van der Waals surface area contributed by atoms with Gasteiger partial charge >= 0.3 is 0 Å². The van der Waals surface area contributed by atoms with Gasteiger partial charge in [0.15, 0.2) is 5.82 Å². The third-order valence-electron chi connectivity index (χ3n) is 4.29. The Balaban J connectivity index is 1.84. The van der Waals surface area contributed by atoms with E-state index < -0.39 is 11.1 Å². The number of ether oxygens (including phenoxy) is 1. The molecular formula is C13H21N3O2. The summed E-state index contributed by atoms with van der Waals surface area (Å²) in [7, 11) is 0. The first-order valence-corrected chi connectivity index (χ1v) is 6.90. The Bertz CT molecular complexity index is 418. The summed E-state index contributed by atoms with van der Waals surface area (Å²) in [5, 5.41) is 4.11. The Labute approximate surface area is 107 Å². The van der Waals surface area contributed by atoms with E-state index in [2.05, 4.69) is 10.1 Å². The maximum Gasteiger partial charge on any atom is 0.258 e. The van der Waals surface area contributed by atoms with Crippen molar-refractivity contribution < 1.29 is 9.26 Å². The van der Waals surface area contributed by atoms with Gasteiger partial charge in [0.2, 0.25) is 0 Å². The van der Waals surface area contributed by atoms with Gasteiger partial charge in [-0.25, -0.2) is 0 Å². The van der Waals surface area contributed by atoms with Gasteiger partial charge in [-0.1, -0.05) is 24.4 Å². The van der Waals surface area contributed by atoms with Gasteiger partial charge in [-0.05, 0) is 32.6 Å². The van der Waals surface area contributed by atoms with Crippen molar-refractivity contribution in [2.45, 2.75) is 63.0 Å². The van der Waals surface area contributed by atoms with Crippen molar-refractivity contribution >= 4 is 0 Å². The minimum atomic E-state index is -0.406. The predicted octanol–water partition coefficient (Wildman–Crippen LogP) is 2.21. The van der Waals surface area contributed by atoms with Crippen LogP contribution in [0.3, 0.4) is 0 Å². The summed E-state index contributed by atoms with van der Waals surface area (Å²) in [4.78, 5) is 4.53. The van der Waals surface area contributed by atoms with Crippen molar-refractivity contribution in [3.63, 3.8) is 0 Å². The number of aromatic nitrogens is 2. The molecule has 1 saturated heterocycles. The zero-order valence-electron chi connectivity index (χ0n) is 10.9. The fraction of sp³-hybridized carbons (Fsp3) is 0.846. The monoisotopic (exact) mass is 251 g/mol. The second kappa shape index (κ2) is 4.31. The number of nitrogens with zero attached hydrogens (tertiary/aromatic N) is 2. The molecule has 0 radical (unpaired) electrons. The summed E-state index contributed by atoms with van der Waals surface area (Å²) in [6.45, 7) is 2.78. The van der Waals surface area contributed by atoms with Gasteiger partial charge in [0, 0.05) is 6.61 Å². The first kappa shape index (κ1) is 12.1. The predicted molar refractivity (Wildman–Crippen MR) is 65.8 cm³/mol. The van der Waals surface area contributed by atoms with Crippen LogP contribution in [-0.4, -0.2) is 16.7 Å². The number of hydrogen-bond acceptors (Lipinski definition) is 5. The molecule has 1 aliphatic carbocycles. The van der Waals surface area contributed by atoms with Gasteiger partial charge in [0.05, 0.1) is 5.54 Å². The van der Waals surface area contributed by atoms with E-state index in [4.69, 9.17) is 15.0 Å². The Morgan fingerprint density at radius 3 is 2.56 bits per heavy atom. The second-order valence-corrected chi connectivity index (χ2v) is 5.82. The van der Waals surface area contributed by atoms with Crippen molar-refractivity contribution in [3.8, 4) is 0 Å². The van der Waals surface area contributed by atoms with Gasteiger partial charge in [-0.3, -0.25) is 0 Å². The van der Waals surface area contributed by atoms with Crippen LogP contribution in [0.15, 0.2) is 4.52 Å². The molecule has 1 atom stereocenters. The molecule has 3 rings (SSSR count). The molecule has 2 aliphatic rings. The highest BCUT2D eigenvalue weighted by Gasteiger charge is 2.40. The van der Waals surface area contributed by atoms with Crippen LogP contribution in [0.2, 0.25) is 0 Å². The van der Waals surface area contributed by atoms with Crippen LogP contribution in [0.4, 0.5) is 0 Å². The van der Waals surface area contributed by atoms with E-state index >= 15 is 0 Å². The number of hydrogen-bond donors (Lipinski definition) is 1. The first-order chi connectivity index (χ1) is 8.62. The summed E-state index contributed by atoms with van der Waals surface area (Å²) < 4.78 is 11.1. The van der Waals surface area contributed by atoms with Crippen LogP contribution in [0.1, 0.15) is 63.6 Å². The van der Waals surface area contributed by atoms with E-state index in [0.29, 0.717) is 11.7 Å². The molecule has 100 valence electrons. The Morgan fingerprint density at radius 2 is 1.89 bits per heavy atom. The normalized spacial score (nSPS) is 31.7. The molecule has 1 aliphatic heterocycles. The largest absolute Gasteiger partial charge is 0.365 e. The van der Waals surface area contributed by atoms with Crippen LogP contribution >= 0.6 is 0 Å². The molecule has 18 heavy (non-hydrogen) atoms. The van der Waals surface area contributed by atoms with Crippen molar-refractivity contribution in [2.24, 2.45) is 5.73 Å². The van der Waals surface area contributed by atoms with Crippen molar-refractivity contribution in [3.05, 3.63) is 11.7 Å². The van der Waals surface area contributed by atoms with E-state index in [1.165, 1.54) is 6.42 Å². The summed E-state index contributed by atoms with van der Waals surface area (Å²) in [6, 6.07) is 0. The highest BCUT2D eigenvalue weighted by atomic mass is 16.5. The Hall–Kier alpha value is -0.940. The fourth-order valence-electron chi connectivity index (χ4n) is 2.99. The van der Waals surface area contributed by atoms with Crippen LogP contribution in [0.5, 0.6) is 0 Å². The molecule has 5 nitrogen and oxygen atoms in total. The first-order valence-electron chi connectivity index (χ1n) is 6.90. The maximum absolute atomic E-state index is 6.41. The zero-order chi connectivity index (χ0) is 12.6. The third kappa shape index (κ3) is 1.95. The molecule has 5 heteroatoms. The van der Waals surface area contributed by atoms with Gasteiger partial charge in [-0.2, -0.15) is 4.98 Å². The quantitative estimate of drug-likeness (QED) is 0.872. The number of rotatable bonds is 2. The lowest BCUT2D eigenvalue weighted by Gasteiger charge is -2.29. The zero-order valence-corrected chi connectivity index (χ0v) is 10.9. The van der Waals surface area contributed by atoms with Crippen LogP contribution in [0.25, 0.3) is 0 Å². The fourth-order valence-corrected chi connectivity index (χ4v) is 2.99. The molecule has 0 bridgehead atoms. The smallest absolute Gasteiger partial charge is 0.258 e. The van der Waals surface area contributed by atoms with E-state index in [0.717, 1.165) is 45.1 Å². The summed E-state index contributed by atoms with van der Waals surface area (Å²) in [5.74, 6) is 1.25. The van der Waals surface area contributed by atoms with Crippen LogP contribution in [0, 0.1) is 0 Å². The Morgan fingerprint density at radius 1 is 1.11 bits per heavy atom. The highest BCUT2D eigenvalue weighted by Crippen LogP contribution is 2.37. The van der Waals surface area contributed by atoms with Gasteiger partial charge in [0.25, 0.3) is 5.89 Å². The summed E-state index contributed by atoms with van der Waals surface area (Å²) in [6.07, 6.45) is 7.42. The highest BCUT2D eigenvalue weighted by molar-refractivity contribution is 5.08. The topological polar surface area (TPSA) is 74.2 Å². The van der Waals surface area contributed by atoms with E-state index in [1.54, 1.807) is 0 Å². The molecule has 0 aromatic carbocycles. The van der Waals surface area contributed by atoms with Gasteiger partial charge in [0.1, 0.15) is 5.60 Å². The summed E-state index contributed by atoms with van der Waals surface area (Å²) in [5.41, 5.74) is 5.61. The minimum absolute atomic E-state index is 0.394. The van der Waals surface area contributed by atoms with Crippen molar-refractivity contribution in [1.82, 2.24) is 10.1 Å². The maximum atomic E-state index is 6.41. The molecule has 1 aromatic rings. The van der Waals surface area contributed by atoms with E-state index in [9.17, 15) is 0 Å².